The fraction of sp³-hybridized carbons (Fsp3) is 0.600. The number of halogens is 3. The molecule has 0 aromatic heterocycles. The van der Waals surface area contributed by atoms with Gasteiger partial charge in [-0.1, -0.05) is 23.2 Å². The molecule has 0 unspecified atom stereocenters. The number of carbonyl (C=O) groups excluding carboxylic acids is 2. The summed E-state index contributed by atoms with van der Waals surface area (Å²) in [5.41, 5.74) is -0.848. The Morgan fingerprint density at radius 2 is 1.86 bits per heavy atom. The van der Waals surface area contributed by atoms with Crippen LogP contribution in [0.2, 0.25) is 10.0 Å². The second-order valence-corrected chi connectivity index (χ2v) is 8.92. The Balaban J connectivity index is 2.07. The van der Waals surface area contributed by atoms with Crippen molar-refractivity contribution in [1.29, 1.82) is 0 Å². The van der Waals surface area contributed by atoms with Gasteiger partial charge in [0.25, 0.3) is 0 Å². The minimum Gasteiger partial charge on any atom is -0.465 e. The predicted octanol–water partition coefficient (Wildman–Crippen LogP) is 5.37. The Bertz CT molecular complexity index is 775. The molecular formula is C20H27Cl2FN2O4. The van der Waals surface area contributed by atoms with E-state index in [9.17, 15) is 14.0 Å². The van der Waals surface area contributed by atoms with E-state index in [0.717, 1.165) is 18.9 Å². The molecule has 162 valence electrons. The molecule has 0 saturated carbocycles. The predicted molar refractivity (Wildman–Crippen MR) is 111 cm³/mol. The quantitative estimate of drug-likeness (QED) is 0.495. The van der Waals surface area contributed by atoms with Crippen LogP contribution in [0.3, 0.4) is 0 Å². The Hall–Kier alpha value is -1.73. The third kappa shape index (κ3) is 5.89. The number of nitrogens with one attached hydrogen (secondary N) is 1. The molecule has 29 heavy (non-hydrogen) atoms. The molecule has 1 N–H and O–H groups in total. The van der Waals surface area contributed by atoms with E-state index in [1.165, 1.54) is 7.11 Å². The number of hydrogen-bond donors (Lipinski definition) is 1. The average Bonchev–Trinajstić information content (AvgIpc) is 2.66. The highest BCUT2D eigenvalue weighted by Crippen LogP contribution is 2.36. The summed E-state index contributed by atoms with van der Waals surface area (Å²) < 4.78 is 24.8. The molecule has 1 aromatic rings. The summed E-state index contributed by atoms with van der Waals surface area (Å²) in [4.78, 5) is 25.7. The molecule has 1 heterocycles. The van der Waals surface area contributed by atoms with Gasteiger partial charge in [-0.2, -0.15) is 0 Å². The molecule has 1 atom stereocenters. The van der Waals surface area contributed by atoms with E-state index < -0.39 is 17.4 Å². The number of esters is 1. The van der Waals surface area contributed by atoms with Crippen molar-refractivity contribution in [3.8, 4) is 0 Å². The lowest BCUT2D eigenvalue weighted by atomic mass is 9.90. The number of anilines is 1. The van der Waals surface area contributed by atoms with Crippen LogP contribution in [0.25, 0.3) is 0 Å². The van der Waals surface area contributed by atoms with Crippen molar-refractivity contribution in [3.05, 3.63) is 27.5 Å². The number of piperidine rings is 1. The molecule has 6 nitrogen and oxygen atoms in total. The third-order valence-corrected chi connectivity index (χ3v) is 5.62. The van der Waals surface area contributed by atoms with Gasteiger partial charge < -0.3 is 19.7 Å². The summed E-state index contributed by atoms with van der Waals surface area (Å²) in [5.74, 6) is -1.46. The first-order valence-electron chi connectivity index (χ1n) is 9.45. The largest absolute Gasteiger partial charge is 0.465 e. The van der Waals surface area contributed by atoms with E-state index in [2.05, 4.69) is 10.1 Å². The minimum atomic E-state index is -0.831. The summed E-state index contributed by atoms with van der Waals surface area (Å²) in [6.07, 6.45) is 1.11. The molecule has 1 aromatic carbocycles. The molecule has 0 bridgehead atoms. The van der Waals surface area contributed by atoms with Crippen molar-refractivity contribution < 1.29 is 23.5 Å². The van der Waals surface area contributed by atoms with Gasteiger partial charge in [0.2, 0.25) is 0 Å². The number of hydrogen-bond acceptors (Lipinski definition) is 5. The molecule has 9 heteroatoms. The van der Waals surface area contributed by atoms with E-state index in [0.29, 0.717) is 13.1 Å². The van der Waals surface area contributed by atoms with E-state index in [4.69, 9.17) is 27.9 Å². The van der Waals surface area contributed by atoms with Gasteiger partial charge in [0.05, 0.1) is 28.4 Å². The zero-order valence-corrected chi connectivity index (χ0v) is 18.8. The normalized spacial score (nSPS) is 16.3. The highest BCUT2D eigenvalue weighted by molar-refractivity contribution is 6.44. The second kappa shape index (κ2) is 9.39. The topological polar surface area (TPSA) is 67.9 Å². The summed E-state index contributed by atoms with van der Waals surface area (Å²) in [5, 5.41) is 3.12. The van der Waals surface area contributed by atoms with Crippen LogP contribution in [0.5, 0.6) is 0 Å². The van der Waals surface area contributed by atoms with Gasteiger partial charge in [0, 0.05) is 19.1 Å². The maximum absolute atomic E-state index is 14.8. The summed E-state index contributed by atoms with van der Waals surface area (Å²) in [7, 11) is 1.17. The number of ether oxygens (including phenoxy) is 2. The Kier molecular flexibility index (Phi) is 7.62. The number of likely N-dealkylation sites (tertiary alicyclic amines) is 1. The fourth-order valence-corrected chi connectivity index (χ4v) is 3.64. The Labute approximate surface area is 180 Å². The maximum atomic E-state index is 14.8. The first-order chi connectivity index (χ1) is 13.4. The van der Waals surface area contributed by atoms with Gasteiger partial charge in [0.15, 0.2) is 5.82 Å². The van der Waals surface area contributed by atoms with Gasteiger partial charge >= 0.3 is 12.1 Å². The standard InChI is InChI=1S/C20H27Cl2FN2O4/c1-11(12-6-8-25(9-7-12)19(27)29-20(2,3)4)24-17-15(22)14(21)10-13(16(17)23)18(26)28-5/h10-12,24H,6-9H2,1-5H3/t11-/m0/s1. The number of amides is 1. The minimum absolute atomic E-state index is 0.00913. The average molecular weight is 449 g/mol. The summed E-state index contributed by atoms with van der Waals surface area (Å²) >= 11 is 12.2. The van der Waals surface area contributed by atoms with Crippen molar-refractivity contribution in [1.82, 2.24) is 4.90 Å². The van der Waals surface area contributed by atoms with Crippen LogP contribution in [0, 0.1) is 11.7 Å². The summed E-state index contributed by atoms with van der Waals surface area (Å²) in [6.45, 7) is 8.48. The van der Waals surface area contributed by atoms with Gasteiger partial charge in [-0.3, -0.25) is 0 Å². The highest BCUT2D eigenvalue weighted by Gasteiger charge is 2.30. The van der Waals surface area contributed by atoms with Crippen molar-refractivity contribution >= 4 is 41.0 Å². The van der Waals surface area contributed by atoms with Crippen molar-refractivity contribution in [3.63, 3.8) is 0 Å². The first-order valence-corrected chi connectivity index (χ1v) is 10.2. The molecule has 1 fully saturated rings. The van der Waals surface area contributed by atoms with E-state index in [1.54, 1.807) is 4.90 Å². The van der Waals surface area contributed by atoms with Gasteiger partial charge in [-0.05, 0) is 52.5 Å². The molecule has 1 amide bonds. The van der Waals surface area contributed by atoms with Crippen molar-refractivity contribution in [2.75, 3.05) is 25.5 Å². The van der Waals surface area contributed by atoms with E-state index >= 15 is 0 Å². The SMILES string of the molecule is COC(=O)c1cc(Cl)c(Cl)c(N[C@@H](C)C2CCN(C(=O)OC(C)(C)C)CC2)c1F. The van der Waals surface area contributed by atoms with Crippen LogP contribution < -0.4 is 5.32 Å². The van der Waals surface area contributed by atoms with Gasteiger partial charge in [-0.25, -0.2) is 14.0 Å². The first kappa shape index (κ1) is 23.5. The highest BCUT2D eigenvalue weighted by atomic mass is 35.5. The number of benzene rings is 1. The molecule has 0 aliphatic carbocycles. The smallest absolute Gasteiger partial charge is 0.410 e. The lowest BCUT2D eigenvalue weighted by Gasteiger charge is -2.36. The van der Waals surface area contributed by atoms with Crippen molar-refractivity contribution in [2.45, 2.75) is 52.2 Å². The van der Waals surface area contributed by atoms with Crippen LogP contribution in [0.1, 0.15) is 50.9 Å². The van der Waals surface area contributed by atoms with Crippen LogP contribution in [0.15, 0.2) is 6.07 Å². The van der Waals surface area contributed by atoms with Gasteiger partial charge in [0.1, 0.15) is 5.60 Å². The lowest BCUT2D eigenvalue weighted by molar-refractivity contribution is 0.0179. The van der Waals surface area contributed by atoms with E-state index in [1.807, 2.05) is 27.7 Å². The van der Waals surface area contributed by atoms with E-state index in [-0.39, 0.29) is 39.3 Å². The zero-order chi connectivity index (χ0) is 21.9. The Morgan fingerprint density at radius 3 is 2.38 bits per heavy atom. The fourth-order valence-electron chi connectivity index (χ4n) is 3.24. The molecule has 0 spiro atoms. The van der Waals surface area contributed by atoms with Gasteiger partial charge in [-0.15, -0.1) is 0 Å². The van der Waals surface area contributed by atoms with Crippen LogP contribution >= 0.6 is 23.2 Å². The second-order valence-electron chi connectivity index (χ2n) is 8.14. The van der Waals surface area contributed by atoms with Crippen LogP contribution in [-0.2, 0) is 9.47 Å². The lowest BCUT2D eigenvalue weighted by Crippen LogP contribution is -2.44. The molecule has 2 rings (SSSR count). The molecular weight excluding hydrogens is 422 g/mol. The zero-order valence-electron chi connectivity index (χ0n) is 17.3. The van der Waals surface area contributed by atoms with Crippen LogP contribution in [0.4, 0.5) is 14.9 Å². The number of carbonyl (C=O) groups is 2. The monoisotopic (exact) mass is 448 g/mol. The molecule has 1 saturated heterocycles. The number of rotatable bonds is 4. The summed E-state index contributed by atoms with van der Waals surface area (Å²) in [6, 6.07) is 0.993. The van der Waals surface area contributed by atoms with Crippen LogP contribution in [-0.4, -0.2) is 48.8 Å². The molecule has 1 aliphatic heterocycles. The number of nitrogens with zero attached hydrogens (tertiary/aromatic N) is 1. The molecule has 1 aliphatic rings. The Morgan fingerprint density at radius 1 is 1.28 bits per heavy atom. The third-order valence-electron chi connectivity index (χ3n) is 4.83. The maximum Gasteiger partial charge on any atom is 0.410 e. The molecule has 0 radical (unpaired) electrons. The van der Waals surface area contributed by atoms with Crippen molar-refractivity contribution in [2.24, 2.45) is 5.92 Å². The number of methoxy groups -OCH3 is 1.